The van der Waals surface area contributed by atoms with E-state index < -0.39 is 0 Å². The van der Waals surface area contributed by atoms with Gasteiger partial charge >= 0.3 is 0 Å². The lowest BCUT2D eigenvalue weighted by molar-refractivity contribution is 0.169. The Morgan fingerprint density at radius 3 is 3.00 bits per heavy atom. The van der Waals surface area contributed by atoms with Crippen molar-refractivity contribution in [3.63, 3.8) is 0 Å². The molecule has 0 radical (unpaired) electrons. The third-order valence-electron chi connectivity index (χ3n) is 2.74. The van der Waals surface area contributed by atoms with Gasteiger partial charge in [0.05, 0.1) is 11.1 Å². The van der Waals surface area contributed by atoms with Gasteiger partial charge in [0, 0.05) is 40.0 Å². The topological polar surface area (TPSA) is 33.1 Å². The lowest BCUT2D eigenvalue weighted by Gasteiger charge is -2.33. The van der Waals surface area contributed by atoms with E-state index in [1.54, 1.807) is 11.3 Å². The van der Waals surface area contributed by atoms with E-state index in [4.69, 9.17) is 0 Å². The summed E-state index contributed by atoms with van der Waals surface area (Å²) in [4.78, 5) is 4.24. The molecule has 0 aromatic carbocycles. The Kier molecular flexibility index (Phi) is 5.00. The van der Waals surface area contributed by atoms with Crippen LogP contribution in [0.1, 0.15) is 18.4 Å². The molecule has 2 heterocycles. The summed E-state index contributed by atoms with van der Waals surface area (Å²) in [6, 6.07) is 0. The molecule has 1 N–H and O–H groups in total. The van der Waals surface area contributed by atoms with Crippen LogP contribution in [0.4, 0.5) is 0 Å². The van der Waals surface area contributed by atoms with Crippen molar-refractivity contribution in [2.45, 2.75) is 36.4 Å². The largest absolute Gasteiger partial charge is 0.391 e. The first-order valence-electron chi connectivity index (χ1n) is 5.61. The number of hydrogen-bond acceptors (Lipinski definition) is 5. The molecule has 5 heteroatoms. The number of thiazole rings is 1. The van der Waals surface area contributed by atoms with Crippen LogP contribution >= 0.6 is 34.9 Å². The van der Waals surface area contributed by atoms with E-state index in [1.807, 2.05) is 35.1 Å². The van der Waals surface area contributed by atoms with E-state index in [-0.39, 0.29) is 6.10 Å². The van der Waals surface area contributed by atoms with Gasteiger partial charge in [-0.1, -0.05) is 6.92 Å². The summed E-state index contributed by atoms with van der Waals surface area (Å²) in [6.07, 6.45) is 3.44. The average molecular weight is 275 g/mol. The van der Waals surface area contributed by atoms with Gasteiger partial charge in [0.25, 0.3) is 0 Å². The Morgan fingerprint density at radius 1 is 1.50 bits per heavy atom. The van der Waals surface area contributed by atoms with Gasteiger partial charge in [-0.25, -0.2) is 4.98 Å². The molecule has 1 saturated heterocycles. The van der Waals surface area contributed by atoms with Crippen molar-refractivity contribution >= 4 is 34.9 Å². The predicted octanol–water partition coefficient (Wildman–Crippen LogP) is 2.67. The first kappa shape index (κ1) is 12.7. The number of thioether (sulfide) groups is 2. The zero-order chi connectivity index (χ0) is 11.4. The van der Waals surface area contributed by atoms with Gasteiger partial charge < -0.3 is 5.11 Å². The highest BCUT2D eigenvalue weighted by atomic mass is 32.2. The molecule has 0 aliphatic carbocycles. The zero-order valence-electron chi connectivity index (χ0n) is 9.33. The van der Waals surface area contributed by atoms with E-state index >= 15 is 0 Å². The molecule has 0 bridgehead atoms. The minimum absolute atomic E-state index is 0.242. The molecule has 1 aromatic rings. The summed E-state index contributed by atoms with van der Waals surface area (Å²) >= 11 is 5.58. The van der Waals surface area contributed by atoms with Crippen molar-refractivity contribution in [1.82, 2.24) is 4.98 Å². The molecule has 1 aliphatic heterocycles. The minimum Gasteiger partial charge on any atom is -0.391 e. The Hall–Kier alpha value is 0.290. The normalized spacial score (nSPS) is 27.9. The molecule has 2 rings (SSSR count). The number of aliphatic hydroxyl groups excluding tert-OH is 1. The fourth-order valence-corrected chi connectivity index (χ4v) is 5.76. The second-order valence-electron chi connectivity index (χ2n) is 3.85. The summed E-state index contributed by atoms with van der Waals surface area (Å²) in [5, 5.41) is 14.3. The molecule has 3 atom stereocenters. The number of rotatable bonds is 4. The molecule has 3 unspecified atom stereocenters. The third-order valence-corrected chi connectivity index (χ3v) is 6.94. The molecule has 1 fully saturated rings. The Balaban J connectivity index is 1.94. The van der Waals surface area contributed by atoms with Crippen LogP contribution in [-0.4, -0.2) is 38.2 Å². The highest BCUT2D eigenvalue weighted by Gasteiger charge is 2.31. The van der Waals surface area contributed by atoms with Crippen molar-refractivity contribution in [3.05, 3.63) is 16.6 Å². The minimum atomic E-state index is -0.242. The molecular weight excluding hydrogens is 258 g/mol. The maximum absolute atomic E-state index is 10.3. The molecule has 0 saturated carbocycles. The van der Waals surface area contributed by atoms with E-state index in [1.165, 1.54) is 11.5 Å². The fourth-order valence-electron chi connectivity index (χ4n) is 1.94. The van der Waals surface area contributed by atoms with Crippen molar-refractivity contribution in [2.24, 2.45) is 0 Å². The highest BCUT2D eigenvalue weighted by Crippen LogP contribution is 2.36. The smallest absolute Gasteiger partial charge is 0.0951 e. The Labute approximate surface area is 109 Å². The van der Waals surface area contributed by atoms with Crippen LogP contribution in [0.15, 0.2) is 11.6 Å². The van der Waals surface area contributed by atoms with Gasteiger partial charge in [-0.3, -0.25) is 0 Å². The predicted molar refractivity (Wildman–Crippen MR) is 74.6 cm³/mol. The summed E-state index contributed by atoms with van der Waals surface area (Å²) in [7, 11) is 0. The Bertz CT molecular complexity index is 304. The molecular formula is C11H17NOS3. The molecule has 1 aromatic heterocycles. The molecule has 2 nitrogen and oxygen atoms in total. The maximum atomic E-state index is 10.3. The van der Waals surface area contributed by atoms with Gasteiger partial charge in [0.15, 0.2) is 0 Å². The van der Waals surface area contributed by atoms with Crippen LogP contribution in [0.25, 0.3) is 0 Å². The quantitative estimate of drug-likeness (QED) is 0.916. The van der Waals surface area contributed by atoms with Crippen LogP contribution in [-0.2, 0) is 6.42 Å². The summed E-state index contributed by atoms with van der Waals surface area (Å²) < 4.78 is 0. The van der Waals surface area contributed by atoms with Gasteiger partial charge in [0.2, 0.25) is 0 Å². The lowest BCUT2D eigenvalue weighted by Crippen LogP contribution is -2.37. The first-order chi connectivity index (χ1) is 7.81. The fraction of sp³-hybridized carbons (Fsp3) is 0.727. The summed E-state index contributed by atoms with van der Waals surface area (Å²) in [6.45, 7) is 2.21. The molecule has 16 heavy (non-hydrogen) atoms. The second-order valence-corrected chi connectivity index (χ2v) is 7.46. The van der Waals surface area contributed by atoms with E-state index in [9.17, 15) is 5.11 Å². The molecule has 90 valence electrons. The van der Waals surface area contributed by atoms with Crippen molar-refractivity contribution in [1.29, 1.82) is 0 Å². The van der Waals surface area contributed by atoms with Crippen LogP contribution in [0.2, 0.25) is 0 Å². The molecule has 0 spiro atoms. The number of aliphatic hydroxyl groups is 1. The molecule has 0 amide bonds. The third kappa shape index (κ3) is 3.15. The van der Waals surface area contributed by atoms with Crippen LogP contribution < -0.4 is 0 Å². The van der Waals surface area contributed by atoms with Gasteiger partial charge in [-0.2, -0.15) is 23.5 Å². The number of nitrogens with zero attached hydrogens (tertiary/aromatic N) is 1. The van der Waals surface area contributed by atoms with Crippen LogP contribution in [0.3, 0.4) is 0 Å². The van der Waals surface area contributed by atoms with Gasteiger partial charge in [-0.15, -0.1) is 11.3 Å². The second kappa shape index (κ2) is 6.28. The maximum Gasteiger partial charge on any atom is 0.0951 e. The van der Waals surface area contributed by atoms with E-state index in [0.717, 1.165) is 11.4 Å². The highest BCUT2D eigenvalue weighted by molar-refractivity contribution is 8.07. The van der Waals surface area contributed by atoms with E-state index in [2.05, 4.69) is 11.9 Å². The average Bonchev–Trinajstić information content (AvgIpc) is 2.81. The molecule has 1 aliphatic rings. The summed E-state index contributed by atoms with van der Waals surface area (Å²) in [5.41, 5.74) is 0. The first-order valence-corrected chi connectivity index (χ1v) is 8.58. The SMILES string of the molecule is CCC1SCCSC1C(O)Cc1nccs1. The van der Waals surface area contributed by atoms with Gasteiger partial charge in [0.1, 0.15) is 0 Å². The standard InChI is InChI=1S/C11H17NOS3/c1-2-9-11(16-6-5-14-9)8(13)7-10-12-3-4-15-10/h3-4,8-9,11,13H,2,5-7H2,1H3. The van der Waals surface area contributed by atoms with Crippen molar-refractivity contribution < 1.29 is 5.11 Å². The van der Waals surface area contributed by atoms with Crippen molar-refractivity contribution in [2.75, 3.05) is 11.5 Å². The van der Waals surface area contributed by atoms with Crippen LogP contribution in [0.5, 0.6) is 0 Å². The van der Waals surface area contributed by atoms with E-state index in [0.29, 0.717) is 16.9 Å². The Morgan fingerprint density at radius 2 is 2.31 bits per heavy atom. The number of hydrogen-bond donors (Lipinski definition) is 1. The number of aromatic nitrogens is 1. The lowest BCUT2D eigenvalue weighted by atomic mass is 10.1. The summed E-state index contributed by atoms with van der Waals surface area (Å²) in [5.74, 6) is 2.39. The van der Waals surface area contributed by atoms with Gasteiger partial charge in [-0.05, 0) is 6.42 Å². The zero-order valence-corrected chi connectivity index (χ0v) is 11.8. The van der Waals surface area contributed by atoms with Crippen molar-refractivity contribution in [3.8, 4) is 0 Å². The monoisotopic (exact) mass is 275 g/mol. The van der Waals surface area contributed by atoms with Crippen LogP contribution in [0, 0.1) is 0 Å².